The smallest absolute Gasteiger partial charge is 0.137 e. The number of nitrogens with one attached hydrogen (secondary N) is 1. The van der Waals surface area contributed by atoms with Crippen molar-refractivity contribution in [3.05, 3.63) is 95.4 Å². The molecule has 0 spiro atoms. The molecular formula is C24H21F2N3O2. The van der Waals surface area contributed by atoms with Gasteiger partial charge >= 0.3 is 0 Å². The van der Waals surface area contributed by atoms with Crippen molar-refractivity contribution >= 4 is 5.65 Å². The van der Waals surface area contributed by atoms with Crippen LogP contribution < -0.4 is 14.8 Å². The van der Waals surface area contributed by atoms with Crippen LogP contribution in [0.25, 0.3) is 5.65 Å². The summed E-state index contributed by atoms with van der Waals surface area (Å²) in [6.07, 6.45) is 3.89. The number of ether oxygens (including phenoxy) is 2. The quantitative estimate of drug-likeness (QED) is 0.477. The Balaban J connectivity index is 1.27. The normalized spacial score (nSPS) is 16.2. The third-order valence-corrected chi connectivity index (χ3v) is 5.42. The maximum atomic E-state index is 14.3. The van der Waals surface area contributed by atoms with E-state index in [2.05, 4.69) is 10.3 Å². The van der Waals surface area contributed by atoms with Crippen molar-refractivity contribution in [3.63, 3.8) is 0 Å². The fraction of sp³-hybridized carbons (Fsp3) is 0.208. The summed E-state index contributed by atoms with van der Waals surface area (Å²) >= 11 is 0. The van der Waals surface area contributed by atoms with Gasteiger partial charge in [0.25, 0.3) is 0 Å². The number of halogens is 2. The minimum atomic E-state index is -0.639. The standard InChI is InChI=1S/C24H21F2N3O2/c1-15(27-21-14-31-22-11-17(25)10-20(26)24(21)22)16-5-4-6-19(9-16)30-13-18-12-29-8-3-2-7-23(29)28-18/h2-12,15,21,27H,13-14H2,1H3. The highest BCUT2D eigenvalue weighted by molar-refractivity contribution is 5.42. The lowest BCUT2D eigenvalue weighted by Crippen LogP contribution is -2.26. The molecule has 4 aromatic rings. The summed E-state index contributed by atoms with van der Waals surface area (Å²) in [5.41, 5.74) is 3.07. The van der Waals surface area contributed by atoms with Crippen molar-refractivity contribution in [2.45, 2.75) is 25.6 Å². The van der Waals surface area contributed by atoms with Crippen LogP contribution in [0.1, 0.15) is 35.8 Å². The monoisotopic (exact) mass is 421 g/mol. The van der Waals surface area contributed by atoms with Crippen molar-refractivity contribution in [2.75, 3.05) is 6.61 Å². The first-order valence-corrected chi connectivity index (χ1v) is 10.1. The molecule has 0 saturated heterocycles. The molecule has 7 heteroatoms. The Morgan fingerprint density at radius 1 is 1.19 bits per heavy atom. The van der Waals surface area contributed by atoms with Gasteiger partial charge in [-0.3, -0.25) is 0 Å². The molecular weight excluding hydrogens is 400 g/mol. The second kappa shape index (κ2) is 8.00. The molecule has 0 amide bonds. The first kappa shape index (κ1) is 19.5. The van der Waals surface area contributed by atoms with E-state index in [1.807, 2.05) is 66.2 Å². The predicted octanol–water partition coefficient (Wildman–Crippen LogP) is 4.98. The van der Waals surface area contributed by atoms with Crippen molar-refractivity contribution in [2.24, 2.45) is 0 Å². The molecule has 0 aliphatic carbocycles. The van der Waals surface area contributed by atoms with Gasteiger partial charge in [0.1, 0.15) is 42.0 Å². The van der Waals surface area contributed by atoms with Crippen LogP contribution >= 0.6 is 0 Å². The van der Waals surface area contributed by atoms with Crippen LogP contribution in [0.5, 0.6) is 11.5 Å². The van der Waals surface area contributed by atoms with Gasteiger partial charge in [0.05, 0.1) is 17.3 Å². The Hall–Kier alpha value is -3.45. The lowest BCUT2D eigenvalue weighted by Gasteiger charge is -2.20. The molecule has 2 aromatic carbocycles. The van der Waals surface area contributed by atoms with E-state index in [-0.39, 0.29) is 24.4 Å². The van der Waals surface area contributed by atoms with Crippen molar-refractivity contribution in [1.82, 2.24) is 14.7 Å². The molecule has 2 aromatic heterocycles. The van der Waals surface area contributed by atoms with E-state index in [4.69, 9.17) is 9.47 Å². The Morgan fingerprint density at radius 3 is 2.97 bits per heavy atom. The van der Waals surface area contributed by atoms with E-state index in [1.54, 1.807) is 0 Å². The molecule has 0 fully saturated rings. The number of benzene rings is 2. The highest BCUT2D eigenvalue weighted by atomic mass is 19.1. The highest BCUT2D eigenvalue weighted by Crippen LogP contribution is 2.36. The minimum Gasteiger partial charge on any atom is -0.491 e. The fourth-order valence-corrected chi connectivity index (χ4v) is 3.89. The summed E-state index contributed by atoms with van der Waals surface area (Å²) in [5, 5.41) is 3.37. The number of hydrogen-bond donors (Lipinski definition) is 1. The second-order valence-corrected chi connectivity index (χ2v) is 7.61. The van der Waals surface area contributed by atoms with Gasteiger partial charge in [0.2, 0.25) is 0 Å². The van der Waals surface area contributed by atoms with E-state index in [9.17, 15) is 8.78 Å². The van der Waals surface area contributed by atoms with Gasteiger partial charge in [0.15, 0.2) is 0 Å². The molecule has 3 heterocycles. The number of fused-ring (bicyclic) bond motifs is 2. The van der Waals surface area contributed by atoms with E-state index < -0.39 is 11.6 Å². The van der Waals surface area contributed by atoms with Crippen LogP contribution in [-0.2, 0) is 6.61 Å². The lowest BCUT2D eigenvalue weighted by atomic mass is 10.0. The van der Waals surface area contributed by atoms with Gasteiger partial charge in [-0.25, -0.2) is 13.8 Å². The summed E-state index contributed by atoms with van der Waals surface area (Å²) in [5.74, 6) is -0.256. The summed E-state index contributed by atoms with van der Waals surface area (Å²) in [4.78, 5) is 4.54. The van der Waals surface area contributed by atoms with E-state index in [1.165, 1.54) is 6.07 Å². The summed E-state index contributed by atoms with van der Waals surface area (Å²) < 4.78 is 41.0. The van der Waals surface area contributed by atoms with Crippen LogP contribution in [0.3, 0.4) is 0 Å². The van der Waals surface area contributed by atoms with Gasteiger partial charge in [-0.05, 0) is 36.8 Å². The number of rotatable bonds is 6. The van der Waals surface area contributed by atoms with Gasteiger partial charge in [-0.1, -0.05) is 18.2 Å². The molecule has 158 valence electrons. The molecule has 0 radical (unpaired) electrons. The summed E-state index contributed by atoms with van der Waals surface area (Å²) in [6, 6.07) is 15.2. The average Bonchev–Trinajstić information content (AvgIpc) is 3.36. The highest BCUT2D eigenvalue weighted by Gasteiger charge is 2.29. The number of imidazole rings is 1. The first-order chi connectivity index (χ1) is 15.1. The number of pyridine rings is 1. The van der Waals surface area contributed by atoms with E-state index >= 15 is 0 Å². The summed E-state index contributed by atoms with van der Waals surface area (Å²) in [7, 11) is 0. The van der Waals surface area contributed by atoms with E-state index in [0.717, 1.165) is 28.7 Å². The zero-order valence-corrected chi connectivity index (χ0v) is 16.9. The molecule has 0 bridgehead atoms. The summed E-state index contributed by atoms with van der Waals surface area (Å²) in [6.45, 7) is 2.60. The van der Waals surface area contributed by atoms with Gasteiger partial charge < -0.3 is 19.2 Å². The van der Waals surface area contributed by atoms with Crippen LogP contribution in [0, 0.1) is 11.6 Å². The van der Waals surface area contributed by atoms with Crippen LogP contribution in [0.4, 0.5) is 8.78 Å². The fourth-order valence-electron chi connectivity index (χ4n) is 3.89. The van der Waals surface area contributed by atoms with Crippen molar-refractivity contribution < 1.29 is 18.3 Å². The molecule has 1 aliphatic rings. The Kier molecular flexibility index (Phi) is 5.03. The molecule has 1 aliphatic heterocycles. The topological polar surface area (TPSA) is 47.8 Å². The number of nitrogens with zero attached hydrogens (tertiary/aromatic N) is 2. The molecule has 2 atom stereocenters. The van der Waals surface area contributed by atoms with Gasteiger partial charge in [0, 0.05) is 30.6 Å². The van der Waals surface area contributed by atoms with Crippen LogP contribution in [0.15, 0.2) is 67.0 Å². The molecule has 5 rings (SSSR count). The van der Waals surface area contributed by atoms with Gasteiger partial charge in [-0.15, -0.1) is 0 Å². The first-order valence-electron chi connectivity index (χ1n) is 10.1. The third kappa shape index (κ3) is 3.96. The van der Waals surface area contributed by atoms with Crippen molar-refractivity contribution in [1.29, 1.82) is 0 Å². The average molecular weight is 421 g/mol. The van der Waals surface area contributed by atoms with Gasteiger partial charge in [-0.2, -0.15) is 0 Å². The Bertz CT molecular complexity index is 1210. The van der Waals surface area contributed by atoms with E-state index in [0.29, 0.717) is 12.2 Å². The molecule has 2 unspecified atom stereocenters. The SMILES string of the molecule is CC(NC1COc2cc(F)cc(F)c21)c1cccc(OCc2cn3ccccc3n2)c1. The largest absolute Gasteiger partial charge is 0.491 e. The number of aromatic nitrogens is 2. The zero-order valence-electron chi connectivity index (χ0n) is 16.9. The molecule has 31 heavy (non-hydrogen) atoms. The maximum Gasteiger partial charge on any atom is 0.137 e. The third-order valence-electron chi connectivity index (χ3n) is 5.42. The van der Waals surface area contributed by atoms with Crippen LogP contribution in [-0.4, -0.2) is 16.0 Å². The Labute approximate surface area is 178 Å². The van der Waals surface area contributed by atoms with Crippen LogP contribution in [0.2, 0.25) is 0 Å². The Morgan fingerprint density at radius 2 is 2.10 bits per heavy atom. The maximum absolute atomic E-state index is 14.3. The molecule has 5 nitrogen and oxygen atoms in total. The lowest BCUT2D eigenvalue weighted by molar-refractivity contribution is 0.296. The second-order valence-electron chi connectivity index (χ2n) is 7.61. The predicted molar refractivity (Wildman–Crippen MR) is 112 cm³/mol. The minimum absolute atomic E-state index is 0.0947. The zero-order chi connectivity index (χ0) is 21.4. The molecule has 1 N–H and O–H groups in total. The number of hydrogen-bond acceptors (Lipinski definition) is 4. The van der Waals surface area contributed by atoms with Crippen molar-refractivity contribution in [3.8, 4) is 11.5 Å². The molecule has 0 saturated carbocycles.